The molecule has 0 unspecified atom stereocenters. The third-order valence-electron chi connectivity index (χ3n) is 9.82. The second-order valence-electron chi connectivity index (χ2n) is 14.0. The number of aliphatic imine (C=N–C) groups is 1. The first-order chi connectivity index (χ1) is 29.4. The molecule has 21 heteroatoms. The normalized spacial score (nSPS) is 16.5. The third-order valence-corrected chi connectivity index (χ3v) is 9.82. The predicted molar refractivity (Wildman–Crippen MR) is 207 cm³/mol. The van der Waals surface area contributed by atoms with Crippen LogP contribution in [0.2, 0.25) is 0 Å². The fraction of sp³-hybridized carbons (Fsp3) is 0.171. The zero-order valence-electron chi connectivity index (χ0n) is 32.4. The van der Waals surface area contributed by atoms with E-state index >= 15 is 0 Å². The Bertz CT molecular complexity index is 2910. The predicted octanol–water partition coefficient (Wildman–Crippen LogP) is 8.32. The van der Waals surface area contributed by atoms with Crippen molar-refractivity contribution < 1.29 is 44.7 Å². The van der Waals surface area contributed by atoms with E-state index in [1.54, 1.807) is 0 Å². The van der Waals surface area contributed by atoms with Gasteiger partial charge in [0, 0.05) is 35.8 Å². The van der Waals surface area contributed by atoms with E-state index in [1.807, 2.05) is 0 Å². The van der Waals surface area contributed by atoms with Gasteiger partial charge in [-0.3, -0.25) is 14.6 Å². The van der Waals surface area contributed by atoms with Gasteiger partial charge in [0.2, 0.25) is 0 Å². The van der Waals surface area contributed by atoms with Gasteiger partial charge < -0.3 is 10.6 Å². The maximum Gasteiger partial charge on any atom is 0.417 e. The summed E-state index contributed by atoms with van der Waals surface area (Å²) in [6, 6.07) is 8.17. The Balaban J connectivity index is 1.12. The number of anilines is 2. The van der Waals surface area contributed by atoms with E-state index in [9.17, 15) is 44.7 Å². The summed E-state index contributed by atoms with van der Waals surface area (Å²) in [4.78, 5) is 49.0. The van der Waals surface area contributed by atoms with Crippen LogP contribution in [-0.2, 0) is 17.5 Å². The molecular weight excluding hydrogens is 831 g/mol. The van der Waals surface area contributed by atoms with Crippen LogP contribution in [0.4, 0.5) is 46.8 Å². The standard InChI is InChI=1S/C41H29F8N11O2/c1-20-33(36-53-30(12-14-58(36)57-20)25-8-4-6-10-27(25)40(44,45)46)38(61)55-32-17-24(51-22(3)52-32)19-60-21(2)34(39(62)56-35-29(43)16-23(42)18-50-35)37-54-31(13-15-59(37)60)26-9-5-7-11-28(26)41(47,48)49/h4-8,10-18H,9,19H2,1-3H3,(H,50,56,62)(H,51,52,55,61). The van der Waals surface area contributed by atoms with E-state index in [0.717, 1.165) is 12.1 Å². The number of benzene rings is 1. The Hall–Kier alpha value is -7.58. The molecule has 0 spiro atoms. The topological polar surface area (TPSA) is 146 Å². The van der Waals surface area contributed by atoms with Crippen LogP contribution in [0.15, 0.2) is 118 Å². The van der Waals surface area contributed by atoms with Crippen LogP contribution < -0.4 is 10.6 Å². The minimum atomic E-state index is -4.72. The van der Waals surface area contributed by atoms with Gasteiger partial charge in [0.05, 0.1) is 46.7 Å². The van der Waals surface area contributed by atoms with Crippen molar-refractivity contribution >= 4 is 34.9 Å². The molecule has 0 radical (unpaired) electrons. The maximum absolute atomic E-state index is 14.6. The second-order valence-corrected chi connectivity index (χ2v) is 14.0. The number of nitrogens with zero attached hydrogens (tertiary/aromatic N) is 9. The Morgan fingerprint density at radius 3 is 2.42 bits per heavy atom. The highest BCUT2D eigenvalue weighted by atomic mass is 19.4. The zero-order valence-corrected chi connectivity index (χ0v) is 32.4. The third kappa shape index (κ3) is 7.79. The minimum absolute atomic E-state index is 0.00149. The smallest absolute Gasteiger partial charge is 0.306 e. The van der Waals surface area contributed by atoms with Crippen molar-refractivity contribution in [3.63, 3.8) is 0 Å². The summed E-state index contributed by atoms with van der Waals surface area (Å²) in [6.45, 7) is 4.42. The number of aromatic nitrogens is 6. The van der Waals surface area contributed by atoms with Gasteiger partial charge in [0.15, 0.2) is 23.1 Å². The summed E-state index contributed by atoms with van der Waals surface area (Å²) >= 11 is 0. The first-order valence-electron chi connectivity index (χ1n) is 18.4. The number of alkyl halides is 6. The molecule has 0 bridgehead atoms. The molecule has 62 heavy (non-hydrogen) atoms. The molecular formula is C41H29F8N11O2. The van der Waals surface area contributed by atoms with Crippen LogP contribution in [0.1, 0.15) is 46.5 Å². The molecule has 2 aliphatic heterocycles. The van der Waals surface area contributed by atoms with Crippen molar-refractivity contribution in [2.45, 2.75) is 46.1 Å². The molecule has 3 aliphatic rings. The molecule has 2 N–H and O–H groups in total. The number of aryl methyl sites for hydroxylation is 2. The van der Waals surface area contributed by atoms with Gasteiger partial charge in [0.1, 0.15) is 28.6 Å². The number of hydrazine groups is 1. The van der Waals surface area contributed by atoms with Gasteiger partial charge in [-0.25, -0.2) is 43.2 Å². The second kappa shape index (κ2) is 15.5. The lowest BCUT2D eigenvalue weighted by Crippen LogP contribution is -2.38. The van der Waals surface area contributed by atoms with E-state index in [0.29, 0.717) is 12.3 Å². The van der Waals surface area contributed by atoms with Gasteiger partial charge in [-0.1, -0.05) is 30.4 Å². The van der Waals surface area contributed by atoms with Crippen LogP contribution >= 0.6 is 0 Å². The highest BCUT2D eigenvalue weighted by Gasteiger charge is 2.41. The maximum atomic E-state index is 14.6. The van der Waals surface area contributed by atoms with E-state index in [-0.39, 0.29) is 86.8 Å². The van der Waals surface area contributed by atoms with Gasteiger partial charge in [0.25, 0.3) is 11.8 Å². The lowest BCUT2D eigenvalue weighted by atomic mass is 9.95. The summed E-state index contributed by atoms with van der Waals surface area (Å²) in [6.07, 6.45) is -0.979. The Labute approximate surface area is 345 Å². The van der Waals surface area contributed by atoms with Crippen molar-refractivity contribution in [1.82, 2.24) is 39.6 Å². The number of carbonyl (C=O) groups is 2. The van der Waals surface area contributed by atoms with Gasteiger partial charge in [-0.15, -0.1) is 0 Å². The highest BCUT2D eigenvalue weighted by molar-refractivity contribution is 6.26. The first kappa shape index (κ1) is 41.2. The van der Waals surface area contributed by atoms with E-state index in [2.05, 4.69) is 40.7 Å². The molecule has 2 amide bonds. The molecule has 8 rings (SSSR count). The van der Waals surface area contributed by atoms with E-state index in [4.69, 9.17) is 0 Å². The number of carbonyl (C=O) groups excluding carboxylic acids is 2. The van der Waals surface area contributed by atoms with Crippen molar-refractivity contribution in [2.75, 3.05) is 10.6 Å². The largest absolute Gasteiger partial charge is 0.417 e. The average Bonchev–Trinajstić information content (AvgIpc) is 3.69. The number of hydrogen-bond donors (Lipinski definition) is 2. The Morgan fingerprint density at radius 1 is 0.903 bits per heavy atom. The summed E-state index contributed by atoms with van der Waals surface area (Å²) < 4.78 is 113. The summed E-state index contributed by atoms with van der Waals surface area (Å²) in [5, 5.41) is 12.2. The molecule has 13 nitrogen and oxygen atoms in total. The number of nitrogens with one attached hydrogen (secondary N) is 2. The number of hydrogen-bond acceptors (Lipinski definition) is 10. The first-order valence-corrected chi connectivity index (χ1v) is 18.4. The number of fused-ring (bicyclic) bond motifs is 2. The van der Waals surface area contributed by atoms with Crippen LogP contribution in [0.25, 0.3) is 16.9 Å². The Kier molecular flexibility index (Phi) is 10.3. The number of rotatable bonds is 7. The lowest BCUT2D eigenvalue weighted by Gasteiger charge is -2.32. The SMILES string of the molecule is CC1=C(C(=O)Nc2ncc(F)cc2F)C2=NC(=C3CC=CC=C3C(F)(F)F)C=CN2N1Cc1cc(NC(=O)c2c(C)nn3ccc(-c4ccccc4C(F)(F)F)nc23)nc(C)n1. The van der Waals surface area contributed by atoms with Crippen LogP contribution in [0, 0.1) is 25.5 Å². The molecule has 4 aromatic heterocycles. The molecule has 6 heterocycles. The van der Waals surface area contributed by atoms with E-state index in [1.165, 1.54) is 96.3 Å². The summed E-state index contributed by atoms with van der Waals surface area (Å²) in [5.41, 5.74) is -1.94. The summed E-state index contributed by atoms with van der Waals surface area (Å²) in [7, 11) is 0. The van der Waals surface area contributed by atoms with Crippen molar-refractivity contribution in [3.8, 4) is 11.3 Å². The highest BCUT2D eigenvalue weighted by Crippen LogP contribution is 2.40. The molecule has 1 aliphatic carbocycles. The van der Waals surface area contributed by atoms with Crippen molar-refractivity contribution in [2.24, 2.45) is 4.99 Å². The van der Waals surface area contributed by atoms with Gasteiger partial charge in [-0.2, -0.15) is 31.4 Å². The molecule has 0 atom stereocenters. The van der Waals surface area contributed by atoms with E-state index < -0.39 is 52.8 Å². The van der Waals surface area contributed by atoms with Crippen molar-refractivity contribution in [3.05, 3.63) is 153 Å². The Morgan fingerprint density at radius 2 is 1.68 bits per heavy atom. The molecule has 1 aromatic carbocycles. The molecule has 5 aromatic rings. The quantitative estimate of drug-likeness (QED) is 0.154. The summed E-state index contributed by atoms with van der Waals surface area (Å²) in [5.74, 6) is -4.44. The number of amidine groups is 1. The molecule has 0 saturated heterocycles. The van der Waals surface area contributed by atoms with Gasteiger partial charge >= 0.3 is 12.4 Å². The minimum Gasteiger partial charge on any atom is -0.306 e. The number of halogens is 8. The number of allylic oxidation sites excluding steroid dienone is 7. The molecule has 0 saturated carbocycles. The molecule has 0 fully saturated rings. The number of pyridine rings is 1. The molecule has 316 valence electrons. The average molecular weight is 860 g/mol. The lowest BCUT2D eigenvalue weighted by molar-refractivity contribution is -0.137. The van der Waals surface area contributed by atoms with Crippen LogP contribution in [0.5, 0.6) is 0 Å². The fourth-order valence-corrected chi connectivity index (χ4v) is 7.12. The zero-order chi connectivity index (χ0) is 44.2. The van der Waals surface area contributed by atoms with Gasteiger partial charge in [-0.05, 0) is 57.0 Å². The fourth-order valence-electron chi connectivity index (χ4n) is 7.12. The van der Waals surface area contributed by atoms with Crippen LogP contribution in [0.3, 0.4) is 0 Å². The van der Waals surface area contributed by atoms with Crippen LogP contribution in [-0.4, -0.2) is 63.4 Å². The van der Waals surface area contributed by atoms with Crippen molar-refractivity contribution in [1.29, 1.82) is 0 Å². The number of amides is 2. The monoisotopic (exact) mass is 859 g/mol.